The zero-order valence-corrected chi connectivity index (χ0v) is 16.8. The molecule has 0 aliphatic heterocycles. The maximum absolute atomic E-state index is 8.00. The molecule has 6 nitrogen and oxygen atoms in total. The van der Waals surface area contributed by atoms with E-state index in [1.54, 1.807) is 0 Å². The second-order valence-corrected chi connectivity index (χ2v) is 3.09. The van der Waals surface area contributed by atoms with Gasteiger partial charge >= 0.3 is 0 Å². The molecule has 0 saturated carbocycles. The van der Waals surface area contributed by atoms with Crippen molar-refractivity contribution >= 4 is 33.9 Å². The van der Waals surface area contributed by atoms with Crippen molar-refractivity contribution in [3.63, 3.8) is 0 Å². The number of ether oxygens (including phenoxy) is 1. The summed E-state index contributed by atoms with van der Waals surface area (Å²) in [6.07, 6.45) is 0. The summed E-state index contributed by atoms with van der Waals surface area (Å²) in [6.45, 7) is 10.6. The maximum Gasteiger partial charge on any atom is 0.119 e. The van der Waals surface area contributed by atoms with E-state index in [-0.39, 0.29) is 21.1 Å². The number of benzene rings is 2. The van der Waals surface area contributed by atoms with E-state index in [2.05, 4.69) is 12.1 Å². The van der Waals surface area contributed by atoms with Crippen LogP contribution in [0.3, 0.4) is 0 Å². The predicted octanol–water partition coefficient (Wildman–Crippen LogP) is 2.34. The Labute approximate surface area is 162 Å². The summed E-state index contributed by atoms with van der Waals surface area (Å²) < 4.78 is 5.59. The zero-order chi connectivity index (χ0) is 19.6. The Balaban J connectivity index is -0.000000105. The van der Waals surface area contributed by atoms with Crippen molar-refractivity contribution in [1.29, 1.82) is 0 Å². The molecule has 0 spiro atoms. The van der Waals surface area contributed by atoms with Gasteiger partial charge in [-0.05, 0) is 17.7 Å². The number of hydrogen-bond acceptors (Lipinski definition) is 6. The smallest absolute Gasteiger partial charge is 0.119 e. The Morgan fingerprint density at radius 1 is 0.560 bits per heavy atom. The Bertz CT molecular complexity index is 405. The molecule has 0 fully saturated rings. The van der Waals surface area contributed by atoms with Gasteiger partial charge in [-0.2, -0.15) is 0 Å². The van der Waals surface area contributed by atoms with E-state index in [0.717, 1.165) is 5.75 Å². The third-order valence-corrected chi connectivity index (χ3v) is 1.99. The van der Waals surface area contributed by atoms with Crippen LogP contribution in [-0.2, 0) is 51.6 Å². The molecule has 25 heavy (non-hydrogen) atoms. The summed E-state index contributed by atoms with van der Waals surface area (Å²) in [6, 6.07) is 20.0. The average Bonchev–Trinajstić information content (AvgIpc) is 2.75. The van der Waals surface area contributed by atoms with Crippen LogP contribution in [-0.4, -0.2) is 33.9 Å². The SMILES string of the molecule is C=O.C=O.C=O.C=O.C=O.[W].c1ccc(COc2ccccc2)cc1. The Hall–Kier alpha value is -2.72. The molecular weight excluding hydrogens is 496 g/mol. The minimum absolute atomic E-state index is 0. The van der Waals surface area contributed by atoms with Gasteiger partial charge in [0, 0.05) is 21.1 Å². The minimum Gasteiger partial charge on any atom is -0.489 e. The van der Waals surface area contributed by atoms with E-state index in [1.165, 1.54) is 5.56 Å². The van der Waals surface area contributed by atoms with Crippen LogP contribution in [0, 0.1) is 0 Å². The van der Waals surface area contributed by atoms with Gasteiger partial charge in [0.25, 0.3) is 0 Å². The van der Waals surface area contributed by atoms with Crippen molar-refractivity contribution in [3.05, 3.63) is 66.2 Å². The summed E-state index contributed by atoms with van der Waals surface area (Å²) >= 11 is 0. The number of rotatable bonds is 3. The first-order chi connectivity index (χ1) is 11.9. The molecule has 0 bridgehead atoms. The molecule has 2 aromatic rings. The van der Waals surface area contributed by atoms with Gasteiger partial charge in [-0.15, -0.1) is 0 Å². The molecule has 0 unspecified atom stereocenters. The summed E-state index contributed by atoms with van der Waals surface area (Å²) in [5.74, 6) is 0.913. The molecule has 0 aliphatic rings. The van der Waals surface area contributed by atoms with E-state index >= 15 is 0 Å². The quantitative estimate of drug-likeness (QED) is 0.620. The average molecular weight is 518 g/mol. The van der Waals surface area contributed by atoms with Crippen LogP contribution in [0.1, 0.15) is 5.56 Å². The number of carbonyl (C=O) groups excluding carboxylic acids is 5. The summed E-state index contributed by atoms with van der Waals surface area (Å²) in [5.41, 5.74) is 1.19. The second-order valence-electron chi connectivity index (χ2n) is 3.09. The summed E-state index contributed by atoms with van der Waals surface area (Å²) in [7, 11) is 0. The normalized spacial score (nSPS) is 6.24. The topological polar surface area (TPSA) is 94.6 Å². The molecule has 0 saturated heterocycles. The van der Waals surface area contributed by atoms with Crippen molar-refractivity contribution in [1.82, 2.24) is 0 Å². The predicted molar refractivity (Wildman–Crippen MR) is 92.8 cm³/mol. The molecule has 0 N–H and O–H groups in total. The Kier molecular flexibility index (Phi) is 50.7. The molecule has 0 radical (unpaired) electrons. The fraction of sp³-hybridized carbons (Fsp3) is 0.0556. The van der Waals surface area contributed by atoms with Crippen molar-refractivity contribution in [2.45, 2.75) is 6.61 Å². The number of para-hydroxylation sites is 1. The molecule has 7 heteroatoms. The van der Waals surface area contributed by atoms with Crippen molar-refractivity contribution < 1.29 is 49.8 Å². The van der Waals surface area contributed by atoms with Crippen molar-refractivity contribution in [2.24, 2.45) is 0 Å². The van der Waals surface area contributed by atoms with Crippen molar-refractivity contribution in [2.75, 3.05) is 0 Å². The Morgan fingerprint density at radius 2 is 0.880 bits per heavy atom. The zero-order valence-electron chi connectivity index (χ0n) is 13.9. The van der Waals surface area contributed by atoms with Crippen LogP contribution < -0.4 is 4.74 Å². The van der Waals surface area contributed by atoms with E-state index in [9.17, 15) is 0 Å². The largest absolute Gasteiger partial charge is 0.489 e. The number of hydrogen-bond donors (Lipinski definition) is 0. The third-order valence-electron chi connectivity index (χ3n) is 1.99. The van der Waals surface area contributed by atoms with E-state index in [0.29, 0.717) is 6.61 Å². The van der Waals surface area contributed by atoms with Gasteiger partial charge in [0.2, 0.25) is 0 Å². The minimum atomic E-state index is 0. The molecule has 2 rings (SSSR count). The molecule has 0 atom stereocenters. The van der Waals surface area contributed by atoms with Crippen LogP contribution in [0.2, 0.25) is 0 Å². The second kappa shape index (κ2) is 37.5. The molecule has 0 aromatic heterocycles. The third kappa shape index (κ3) is 23.7. The molecular formula is C18H22O6W. The fourth-order valence-corrected chi connectivity index (χ4v) is 1.26. The van der Waals surface area contributed by atoms with Gasteiger partial charge in [-0.1, -0.05) is 48.5 Å². The van der Waals surface area contributed by atoms with Crippen LogP contribution in [0.4, 0.5) is 0 Å². The molecule has 136 valence electrons. The van der Waals surface area contributed by atoms with Gasteiger partial charge in [0.1, 0.15) is 46.3 Å². The Morgan fingerprint density at radius 3 is 1.24 bits per heavy atom. The summed E-state index contributed by atoms with van der Waals surface area (Å²) in [4.78, 5) is 40.0. The van der Waals surface area contributed by atoms with Gasteiger partial charge in [0.15, 0.2) is 0 Å². The van der Waals surface area contributed by atoms with E-state index < -0.39 is 0 Å². The first-order valence-corrected chi connectivity index (χ1v) is 6.11. The standard InChI is InChI=1S/C13H12O.5CH2O.W/c1-3-7-12(8-4-1)11-14-13-9-5-2-6-10-13;5*1-2;/h1-10H,11H2;5*1H2;. The summed E-state index contributed by atoms with van der Waals surface area (Å²) in [5, 5.41) is 0. The fourth-order valence-electron chi connectivity index (χ4n) is 1.26. The molecule has 0 amide bonds. The monoisotopic (exact) mass is 518 g/mol. The first-order valence-electron chi connectivity index (χ1n) is 6.11. The van der Waals surface area contributed by atoms with E-state index in [1.807, 2.05) is 82.5 Å². The number of carbonyl (C=O) groups is 5. The van der Waals surface area contributed by atoms with Crippen LogP contribution >= 0.6 is 0 Å². The molecule has 0 aliphatic carbocycles. The van der Waals surface area contributed by atoms with Crippen molar-refractivity contribution in [3.8, 4) is 5.75 Å². The van der Waals surface area contributed by atoms with Gasteiger partial charge in [0.05, 0.1) is 0 Å². The molecule has 0 heterocycles. The van der Waals surface area contributed by atoms with Crippen LogP contribution in [0.25, 0.3) is 0 Å². The maximum atomic E-state index is 8.00. The van der Waals surface area contributed by atoms with Gasteiger partial charge < -0.3 is 28.7 Å². The van der Waals surface area contributed by atoms with Crippen LogP contribution in [0.5, 0.6) is 5.75 Å². The van der Waals surface area contributed by atoms with Gasteiger partial charge in [-0.25, -0.2) is 0 Å². The van der Waals surface area contributed by atoms with Crippen LogP contribution in [0.15, 0.2) is 60.7 Å². The first kappa shape index (κ1) is 33.8. The van der Waals surface area contributed by atoms with Gasteiger partial charge in [-0.3, -0.25) is 0 Å². The molecule has 2 aromatic carbocycles. The van der Waals surface area contributed by atoms with E-state index in [4.69, 9.17) is 28.7 Å².